The van der Waals surface area contributed by atoms with Crippen molar-refractivity contribution in [2.24, 2.45) is 0 Å². The number of nitrogens with zero attached hydrogens (tertiary/aromatic N) is 3. The summed E-state index contributed by atoms with van der Waals surface area (Å²) in [7, 11) is 0. The van der Waals surface area contributed by atoms with Crippen LogP contribution < -0.4 is 0 Å². The predicted molar refractivity (Wildman–Crippen MR) is 76.1 cm³/mol. The molecular formula is C12H15BrClN3O. The van der Waals surface area contributed by atoms with E-state index in [0.717, 1.165) is 41.0 Å². The number of rotatable bonds is 6. The highest BCUT2D eigenvalue weighted by atomic mass is 79.9. The smallest absolute Gasteiger partial charge is 0.160 e. The summed E-state index contributed by atoms with van der Waals surface area (Å²) in [5, 5.41) is 0. The third kappa shape index (κ3) is 3.02. The molecule has 2 aromatic heterocycles. The predicted octanol–water partition coefficient (Wildman–Crippen LogP) is 3.01. The van der Waals surface area contributed by atoms with Gasteiger partial charge < -0.3 is 9.30 Å². The molecule has 0 aliphatic rings. The van der Waals surface area contributed by atoms with Crippen LogP contribution in [-0.4, -0.2) is 33.6 Å². The van der Waals surface area contributed by atoms with Gasteiger partial charge in [0.2, 0.25) is 0 Å². The molecule has 0 aliphatic carbocycles. The van der Waals surface area contributed by atoms with Crippen molar-refractivity contribution in [1.82, 2.24) is 14.5 Å². The van der Waals surface area contributed by atoms with Gasteiger partial charge in [-0.25, -0.2) is 9.97 Å². The van der Waals surface area contributed by atoms with Gasteiger partial charge in [-0.05, 0) is 28.9 Å². The molecule has 0 aliphatic heterocycles. The summed E-state index contributed by atoms with van der Waals surface area (Å²) < 4.78 is 8.41. The molecule has 0 bridgehead atoms. The van der Waals surface area contributed by atoms with Crippen molar-refractivity contribution < 1.29 is 4.74 Å². The van der Waals surface area contributed by atoms with E-state index >= 15 is 0 Å². The third-order valence-corrected chi connectivity index (χ3v) is 3.23. The summed E-state index contributed by atoms with van der Waals surface area (Å²) in [6, 6.07) is 1.97. The average Bonchev–Trinajstić information content (AvgIpc) is 2.67. The Morgan fingerprint density at radius 3 is 3.06 bits per heavy atom. The number of hydrogen-bond donors (Lipinski definition) is 0. The van der Waals surface area contributed by atoms with Crippen molar-refractivity contribution in [3.05, 3.63) is 22.6 Å². The number of hydrogen-bond acceptors (Lipinski definition) is 3. The molecule has 6 heteroatoms. The lowest BCUT2D eigenvalue weighted by atomic mass is 10.4. The molecule has 2 aromatic rings. The molecule has 0 saturated carbocycles. The monoisotopic (exact) mass is 331 g/mol. The second-order valence-electron chi connectivity index (χ2n) is 3.81. The van der Waals surface area contributed by atoms with Crippen LogP contribution in [-0.2, 0) is 17.7 Å². The molecule has 0 radical (unpaired) electrons. The number of alkyl halides is 1. The van der Waals surface area contributed by atoms with Gasteiger partial charge in [0, 0.05) is 36.1 Å². The van der Waals surface area contributed by atoms with E-state index in [1.807, 2.05) is 13.0 Å². The maximum Gasteiger partial charge on any atom is 0.160 e. The Balaban J connectivity index is 2.35. The van der Waals surface area contributed by atoms with Gasteiger partial charge in [0.1, 0.15) is 11.3 Å². The Morgan fingerprint density at radius 1 is 1.50 bits per heavy atom. The van der Waals surface area contributed by atoms with Crippen LogP contribution in [0.2, 0.25) is 0 Å². The van der Waals surface area contributed by atoms with Crippen LogP contribution in [0.3, 0.4) is 0 Å². The summed E-state index contributed by atoms with van der Waals surface area (Å²) in [6.45, 7) is 4.12. The SMILES string of the molecule is CCOCCn1c(CCCl)nc2cc(Br)cnc21. The molecule has 2 rings (SSSR count). The molecule has 0 amide bonds. The molecule has 0 saturated heterocycles. The van der Waals surface area contributed by atoms with Gasteiger partial charge in [0.15, 0.2) is 5.65 Å². The normalized spacial score (nSPS) is 11.3. The van der Waals surface area contributed by atoms with Gasteiger partial charge in [-0.2, -0.15) is 0 Å². The van der Waals surface area contributed by atoms with Gasteiger partial charge >= 0.3 is 0 Å². The second kappa shape index (κ2) is 6.50. The number of aryl methyl sites for hydroxylation is 1. The van der Waals surface area contributed by atoms with E-state index in [4.69, 9.17) is 16.3 Å². The fourth-order valence-corrected chi connectivity index (χ4v) is 2.33. The topological polar surface area (TPSA) is 39.9 Å². The molecule has 0 fully saturated rings. The van der Waals surface area contributed by atoms with Crippen LogP contribution >= 0.6 is 27.5 Å². The summed E-state index contributed by atoms with van der Waals surface area (Å²) in [5.74, 6) is 1.52. The minimum atomic E-state index is 0.555. The lowest BCUT2D eigenvalue weighted by Gasteiger charge is -2.07. The highest BCUT2D eigenvalue weighted by Crippen LogP contribution is 2.19. The molecule has 0 atom stereocenters. The van der Waals surface area contributed by atoms with E-state index in [-0.39, 0.29) is 0 Å². The molecule has 4 nitrogen and oxygen atoms in total. The van der Waals surface area contributed by atoms with E-state index < -0.39 is 0 Å². The molecule has 0 N–H and O–H groups in total. The molecule has 0 unspecified atom stereocenters. The summed E-state index contributed by atoms with van der Waals surface area (Å²) in [4.78, 5) is 8.99. The van der Waals surface area contributed by atoms with Crippen LogP contribution in [0.15, 0.2) is 16.7 Å². The van der Waals surface area contributed by atoms with Gasteiger partial charge in [-0.15, -0.1) is 11.6 Å². The standard InChI is InChI=1S/C12H15BrClN3O/c1-2-18-6-5-17-11(3-4-14)16-10-7-9(13)8-15-12(10)17/h7-8H,2-6H2,1H3. The molecule has 0 spiro atoms. The first-order valence-electron chi connectivity index (χ1n) is 5.90. The Kier molecular flexibility index (Phi) is 4.97. The minimum Gasteiger partial charge on any atom is -0.380 e. The van der Waals surface area contributed by atoms with Crippen molar-refractivity contribution in [2.45, 2.75) is 19.9 Å². The van der Waals surface area contributed by atoms with Crippen LogP contribution in [0.5, 0.6) is 0 Å². The van der Waals surface area contributed by atoms with E-state index in [1.165, 1.54) is 0 Å². The van der Waals surface area contributed by atoms with Gasteiger partial charge in [-0.1, -0.05) is 0 Å². The molecule has 98 valence electrons. The van der Waals surface area contributed by atoms with Crippen molar-refractivity contribution >= 4 is 38.7 Å². The van der Waals surface area contributed by atoms with Gasteiger partial charge in [0.25, 0.3) is 0 Å². The van der Waals surface area contributed by atoms with E-state index in [9.17, 15) is 0 Å². The van der Waals surface area contributed by atoms with Crippen LogP contribution in [0, 0.1) is 0 Å². The first-order valence-corrected chi connectivity index (χ1v) is 7.23. The number of ether oxygens (including phenoxy) is 1. The number of pyridine rings is 1. The number of aromatic nitrogens is 3. The van der Waals surface area contributed by atoms with Crippen molar-refractivity contribution in [3.63, 3.8) is 0 Å². The molecule has 2 heterocycles. The van der Waals surface area contributed by atoms with Crippen LogP contribution in [0.25, 0.3) is 11.2 Å². The van der Waals surface area contributed by atoms with E-state index in [0.29, 0.717) is 12.5 Å². The maximum atomic E-state index is 5.81. The Labute approximate surface area is 119 Å². The van der Waals surface area contributed by atoms with Gasteiger partial charge in [-0.3, -0.25) is 0 Å². The maximum absolute atomic E-state index is 5.81. The Hall–Kier alpha value is -0.650. The fraction of sp³-hybridized carbons (Fsp3) is 0.500. The highest BCUT2D eigenvalue weighted by Gasteiger charge is 2.11. The largest absolute Gasteiger partial charge is 0.380 e. The number of halogens is 2. The van der Waals surface area contributed by atoms with Crippen LogP contribution in [0.4, 0.5) is 0 Å². The van der Waals surface area contributed by atoms with Gasteiger partial charge in [0.05, 0.1) is 6.61 Å². The number of imidazole rings is 1. The summed E-state index contributed by atoms with van der Waals surface area (Å²) >= 11 is 9.22. The van der Waals surface area contributed by atoms with E-state index in [1.54, 1.807) is 6.20 Å². The number of fused-ring (bicyclic) bond motifs is 1. The summed E-state index contributed by atoms with van der Waals surface area (Å²) in [6.07, 6.45) is 2.52. The molecule has 0 aromatic carbocycles. The zero-order valence-electron chi connectivity index (χ0n) is 10.2. The molecular weight excluding hydrogens is 318 g/mol. The second-order valence-corrected chi connectivity index (χ2v) is 5.11. The van der Waals surface area contributed by atoms with Crippen molar-refractivity contribution in [2.75, 3.05) is 19.1 Å². The quantitative estimate of drug-likeness (QED) is 0.603. The summed E-state index contributed by atoms with van der Waals surface area (Å²) in [5.41, 5.74) is 1.78. The first-order chi connectivity index (χ1) is 8.76. The Morgan fingerprint density at radius 2 is 2.33 bits per heavy atom. The first kappa shape index (κ1) is 13.8. The third-order valence-electron chi connectivity index (χ3n) is 2.61. The van der Waals surface area contributed by atoms with E-state index in [2.05, 4.69) is 30.5 Å². The average molecular weight is 333 g/mol. The molecule has 18 heavy (non-hydrogen) atoms. The zero-order valence-corrected chi connectivity index (χ0v) is 12.5. The highest BCUT2D eigenvalue weighted by molar-refractivity contribution is 9.10. The Bertz CT molecular complexity index is 529. The minimum absolute atomic E-state index is 0.555. The lowest BCUT2D eigenvalue weighted by Crippen LogP contribution is -2.10. The fourth-order valence-electron chi connectivity index (χ4n) is 1.84. The van der Waals surface area contributed by atoms with Crippen molar-refractivity contribution in [3.8, 4) is 0 Å². The van der Waals surface area contributed by atoms with Crippen LogP contribution in [0.1, 0.15) is 12.7 Å². The van der Waals surface area contributed by atoms with Crippen molar-refractivity contribution in [1.29, 1.82) is 0 Å². The lowest BCUT2D eigenvalue weighted by molar-refractivity contribution is 0.139. The zero-order chi connectivity index (χ0) is 13.0.